The lowest BCUT2D eigenvalue weighted by molar-refractivity contribution is -0.139. The van der Waals surface area contributed by atoms with Crippen LogP contribution in [-0.4, -0.2) is 44.2 Å². The van der Waals surface area contributed by atoms with Crippen LogP contribution in [0.25, 0.3) is 0 Å². The lowest BCUT2D eigenvalue weighted by atomic mass is 10.2. The Kier molecular flexibility index (Phi) is 9.54. The molecule has 2 aromatic carbocycles. The number of unbranched alkanes of at least 4 members (excludes halogenated alkanes) is 1. The van der Waals surface area contributed by atoms with Gasteiger partial charge < -0.3 is 20.1 Å². The lowest BCUT2D eigenvalue weighted by Crippen LogP contribution is -2.38. The summed E-state index contributed by atoms with van der Waals surface area (Å²) in [4.78, 5) is 35.1. The fraction of sp³-hybridized carbons (Fsp3) is 0.273. The predicted molar refractivity (Wildman–Crippen MR) is 117 cm³/mol. The number of carbonyl (C=O) groups excluding carboxylic acids is 3. The van der Waals surface area contributed by atoms with Crippen molar-refractivity contribution in [3.8, 4) is 11.5 Å². The minimum absolute atomic E-state index is 0.159. The molecule has 164 valence electrons. The maximum Gasteiger partial charge on any atom is 0.329 e. The summed E-state index contributed by atoms with van der Waals surface area (Å²) in [6, 6.07) is 13.8. The molecule has 0 saturated carbocycles. The Labute approximate surface area is 180 Å². The van der Waals surface area contributed by atoms with Gasteiger partial charge in [0.2, 0.25) is 0 Å². The highest BCUT2D eigenvalue weighted by molar-refractivity contribution is 6.35. The van der Waals surface area contributed by atoms with Crippen LogP contribution < -0.4 is 25.5 Å². The second kappa shape index (κ2) is 12.6. The summed E-state index contributed by atoms with van der Waals surface area (Å²) in [6.45, 7) is 2.28. The minimum Gasteiger partial charge on any atom is -0.497 e. The highest BCUT2D eigenvalue weighted by Crippen LogP contribution is 2.17. The van der Waals surface area contributed by atoms with Gasteiger partial charge in [0.15, 0.2) is 6.61 Å². The van der Waals surface area contributed by atoms with Gasteiger partial charge in [-0.05, 0) is 48.4 Å². The predicted octanol–water partition coefficient (Wildman–Crippen LogP) is 2.08. The fourth-order valence-corrected chi connectivity index (χ4v) is 2.37. The zero-order chi connectivity index (χ0) is 22.5. The van der Waals surface area contributed by atoms with Crippen molar-refractivity contribution in [2.24, 2.45) is 5.10 Å². The molecule has 0 atom stereocenters. The van der Waals surface area contributed by atoms with Crippen LogP contribution >= 0.6 is 0 Å². The highest BCUT2D eigenvalue weighted by atomic mass is 16.5. The summed E-state index contributed by atoms with van der Waals surface area (Å²) >= 11 is 0. The number of benzene rings is 2. The first-order valence-corrected chi connectivity index (χ1v) is 9.79. The van der Waals surface area contributed by atoms with Crippen LogP contribution in [-0.2, 0) is 14.4 Å². The van der Waals surface area contributed by atoms with Gasteiger partial charge in [0.25, 0.3) is 5.91 Å². The zero-order valence-corrected chi connectivity index (χ0v) is 17.5. The summed E-state index contributed by atoms with van der Waals surface area (Å²) in [5.41, 5.74) is 3.46. The Bertz CT molecular complexity index is 912. The molecule has 0 aliphatic carbocycles. The third-order valence-electron chi connectivity index (χ3n) is 4.01. The van der Waals surface area contributed by atoms with E-state index in [9.17, 15) is 14.4 Å². The Morgan fingerprint density at radius 3 is 2.52 bits per heavy atom. The molecule has 31 heavy (non-hydrogen) atoms. The van der Waals surface area contributed by atoms with Gasteiger partial charge in [-0.25, -0.2) is 5.43 Å². The molecule has 0 unspecified atom stereocenters. The number of nitrogens with zero attached hydrogens (tertiary/aromatic N) is 1. The van der Waals surface area contributed by atoms with Crippen LogP contribution in [0.3, 0.4) is 0 Å². The first-order valence-electron chi connectivity index (χ1n) is 9.79. The van der Waals surface area contributed by atoms with E-state index in [0.29, 0.717) is 29.3 Å². The van der Waals surface area contributed by atoms with E-state index in [-0.39, 0.29) is 12.5 Å². The Morgan fingerprint density at radius 1 is 1.03 bits per heavy atom. The molecule has 3 amide bonds. The van der Waals surface area contributed by atoms with Gasteiger partial charge in [0.1, 0.15) is 11.5 Å². The molecule has 0 spiro atoms. The maximum absolute atomic E-state index is 12.0. The van der Waals surface area contributed by atoms with E-state index in [1.807, 2.05) is 6.92 Å². The van der Waals surface area contributed by atoms with E-state index in [2.05, 4.69) is 21.2 Å². The molecule has 0 aliphatic rings. The number of nitrogens with one attached hydrogen (secondary N) is 3. The molecule has 0 aromatic heterocycles. The number of anilines is 1. The number of methoxy groups -OCH3 is 1. The largest absolute Gasteiger partial charge is 0.497 e. The van der Waals surface area contributed by atoms with Crippen molar-refractivity contribution in [2.45, 2.75) is 19.8 Å². The van der Waals surface area contributed by atoms with E-state index < -0.39 is 11.8 Å². The molecule has 3 N–H and O–H groups in total. The number of hydrogen-bond donors (Lipinski definition) is 3. The molecule has 0 aliphatic heterocycles. The van der Waals surface area contributed by atoms with Gasteiger partial charge in [-0.3, -0.25) is 14.4 Å². The third-order valence-corrected chi connectivity index (χ3v) is 4.01. The number of hydrazone groups is 1. The van der Waals surface area contributed by atoms with Crippen molar-refractivity contribution in [3.05, 3.63) is 54.1 Å². The molecule has 9 nitrogen and oxygen atoms in total. The van der Waals surface area contributed by atoms with Crippen LogP contribution in [0.15, 0.2) is 53.6 Å². The SMILES string of the molecule is CCCCNC(=O)C(=O)N/N=C\c1ccc(OCC(=O)Nc2cccc(OC)c2)cc1. The summed E-state index contributed by atoms with van der Waals surface area (Å²) < 4.78 is 10.6. The second-order valence-corrected chi connectivity index (χ2v) is 6.45. The molecule has 0 fully saturated rings. The van der Waals surface area contributed by atoms with Crippen molar-refractivity contribution in [3.63, 3.8) is 0 Å². The van der Waals surface area contributed by atoms with Crippen molar-refractivity contribution in [2.75, 3.05) is 25.6 Å². The maximum atomic E-state index is 12.0. The third kappa shape index (κ3) is 8.57. The van der Waals surface area contributed by atoms with Crippen LogP contribution in [0.2, 0.25) is 0 Å². The number of rotatable bonds is 10. The quantitative estimate of drug-likeness (QED) is 0.233. The summed E-state index contributed by atoms with van der Waals surface area (Å²) in [5, 5.41) is 8.98. The van der Waals surface area contributed by atoms with E-state index in [1.165, 1.54) is 6.21 Å². The van der Waals surface area contributed by atoms with Crippen molar-refractivity contribution in [1.29, 1.82) is 0 Å². The topological polar surface area (TPSA) is 118 Å². The van der Waals surface area contributed by atoms with Gasteiger partial charge in [0, 0.05) is 18.3 Å². The molecule has 2 rings (SSSR count). The molecule has 0 heterocycles. The van der Waals surface area contributed by atoms with E-state index >= 15 is 0 Å². The summed E-state index contributed by atoms with van der Waals surface area (Å²) in [5.74, 6) is -0.712. The first-order chi connectivity index (χ1) is 15.0. The fourth-order valence-electron chi connectivity index (χ4n) is 2.37. The van der Waals surface area contributed by atoms with Crippen LogP contribution in [0.4, 0.5) is 5.69 Å². The smallest absolute Gasteiger partial charge is 0.329 e. The van der Waals surface area contributed by atoms with Gasteiger partial charge in [-0.2, -0.15) is 5.10 Å². The van der Waals surface area contributed by atoms with Crippen LogP contribution in [0.1, 0.15) is 25.3 Å². The van der Waals surface area contributed by atoms with Gasteiger partial charge in [0.05, 0.1) is 13.3 Å². The van der Waals surface area contributed by atoms with Gasteiger partial charge >= 0.3 is 11.8 Å². The van der Waals surface area contributed by atoms with Crippen molar-refractivity contribution in [1.82, 2.24) is 10.7 Å². The number of ether oxygens (including phenoxy) is 2. The number of hydrogen-bond acceptors (Lipinski definition) is 6. The standard InChI is InChI=1S/C22H26N4O5/c1-3-4-12-23-21(28)22(29)26-24-14-16-8-10-18(11-9-16)31-15-20(27)25-17-6-5-7-19(13-17)30-2/h5-11,13-14H,3-4,12,15H2,1-2H3,(H,23,28)(H,25,27)(H,26,29)/b24-14-. The summed E-state index contributed by atoms with van der Waals surface area (Å²) in [7, 11) is 1.55. The van der Waals surface area contributed by atoms with Crippen molar-refractivity contribution < 1.29 is 23.9 Å². The van der Waals surface area contributed by atoms with Crippen LogP contribution in [0.5, 0.6) is 11.5 Å². The van der Waals surface area contributed by atoms with Gasteiger partial charge in [-0.1, -0.05) is 19.4 Å². The molecule has 0 saturated heterocycles. The number of amides is 3. The average Bonchev–Trinajstić information content (AvgIpc) is 2.78. The summed E-state index contributed by atoms with van der Waals surface area (Å²) in [6.07, 6.45) is 3.13. The lowest BCUT2D eigenvalue weighted by Gasteiger charge is -2.08. The zero-order valence-electron chi connectivity index (χ0n) is 17.5. The second-order valence-electron chi connectivity index (χ2n) is 6.45. The monoisotopic (exact) mass is 426 g/mol. The van der Waals surface area contributed by atoms with E-state index in [0.717, 1.165) is 12.8 Å². The van der Waals surface area contributed by atoms with Gasteiger partial charge in [-0.15, -0.1) is 0 Å². The highest BCUT2D eigenvalue weighted by Gasteiger charge is 2.11. The molecule has 2 aromatic rings. The first kappa shape index (κ1) is 23.4. The molecule has 0 radical (unpaired) electrons. The Morgan fingerprint density at radius 2 is 1.81 bits per heavy atom. The van der Waals surface area contributed by atoms with E-state index in [4.69, 9.17) is 9.47 Å². The molecule has 0 bridgehead atoms. The molecular formula is C22H26N4O5. The average molecular weight is 426 g/mol. The van der Waals surface area contributed by atoms with Crippen LogP contribution in [0, 0.1) is 0 Å². The Hall–Kier alpha value is -3.88. The van der Waals surface area contributed by atoms with Crippen molar-refractivity contribution >= 4 is 29.6 Å². The molecule has 9 heteroatoms. The number of carbonyl (C=O) groups is 3. The minimum atomic E-state index is -0.825. The normalized spacial score (nSPS) is 10.4. The van der Waals surface area contributed by atoms with E-state index in [1.54, 1.807) is 55.6 Å². The molecular weight excluding hydrogens is 400 g/mol. The Balaban J connectivity index is 1.75.